The summed E-state index contributed by atoms with van der Waals surface area (Å²) in [6.45, 7) is 1.98. The maximum atomic E-state index is 11.6. The average Bonchev–Trinajstić information content (AvgIpc) is 3.06. The predicted molar refractivity (Wildman–Crippen MR) is 91.8 cm³/mol. The van der Waals surface area contributed by atoms with E-state index >= 15 is 0 Å². The number of ether oxygens (including phenoxy) is 1. The Morgan fingerprint density at radius 3 is 2.68 bits per heavy atom. The quantitative estimate of drug-likeness (QED) is 0.516. The highest BCUT2D eigenvalue weighted by Crippen LogP contribution is 2.25. The molecule has 0 aliphatic heterocycles. The van der Waals surface area contributed by atoms with Crippen LogP contribution in [0.3, 0.4) is 0 Å². The molecule has 7 nitrogen and oxygen atoms in total. The summed E-state index contributed by atoms with van der Waals surface area (Å²) in [5, 5.41) is 4.79. The van der Waals surface area contributed by atoms with E-state index in [1.54, 1.807) is 31.2 Å². The van der Waals surface area contributed by atoms with Crippen LogP contribution in [-0.4, -0.2) is 38.7 Å². The van der Waals surface area contributed by atoms with Gasteiger partial charge in [-0.1, -0.05) is 23.7 Å². The fourth-order valence-corrected chi connectivity index (χ4v) is 2.40. The molecule has 0 unspecified atom stereocenters. The molecule has 0 amide bonds. The van der Waals surface area contributed by atoms with Crippen LogP contribution in [0.25, 0.3) is 22.8 Å². The van der Waals surface area contributed by atoms with Crippen molar-refractivity contribution < 1.29 is 14.3 Å². The summed E-state index contributed by atoms with van der Waals surface area (Å²) in [7, 11) is 0. The molecule has 25 heavy (non-hydrogen) atoms. The molecular formula is C17H13ClN4O3. The SMILES string of the molecule is CCOC(=O)c1cnc(-c2cc(-c3cccc(Cl)c3)nn2C=O)nc1. The number of esters is 1. The Morgan fingerprint density at radius 1 is 1.28 bits per heavy atom. The number of hydrogen-bond acceptors (Lipinski definition) is 6. The zero-order chi connectivity index (χ0) is 17.8. The predicted octanol–water partition coefficient (Wildman–Crippen LogP) is 2.88. The molecule has 1 aromatic carbocycles. The summed E-state index contributed by atoms with van der Waals surface area (Å²) in [4.78, 5) is 31.2. The molecule has 0 atom stereocenters. The fraction of sp³-hybridized carbons (Fsp3) is 0.118. The standard InChI is InChI=1S/C17H13ClN4O3/c1-2-25-17(24)12-8-19-16(20-9-12)15-7-14(21-22(15)10-23)11-4-3-5-13(18)6-11/h3-10H,2H2,1H3. The minimum Gasteiger partial charge on any atom is -0.462 e. The van der Waals surface area contributed by atoms with Crippen molar-refractivity contribution in [3.05, 3.63) is 53.3 Å². The van der Waals surface area contributed by atoms with E-state index in [2.05, 4.69) is 15.1 Å². The van der Waals surface area contributed by atoms with Gasteiger partial charge in [-0.2, -0.15) is 9.78 Å². The zero-order valence-corrected chi connectivity index (χ0v) is 14.0. The Morgan fingerprint density at radius 2 is 2.04 bits per heavy atom. The van der Waals surface area contributed by atoms with E-state index in [9.17, 15) is 9.59 Å². The Labute approximate surface area is 148 Å². The highest BCUT2D eigenvalue weighted by atomic mass is 35.5. The van der Waals surface area contributed by atoms with E-state index in [4.69, 9.17) is 16.3 Å². The number of rotatable bonds is 5. The molecule has 0 spiro atoms. The highest BCUT2D eigenvalue weighted by Gasteiger charge is 2.15. The maximum absolute atomic E-state index is 11.6. The Kier molecular flexibility index (Phi) is 4.85. The van der Waals surface area contributed by atoms with Crippen molar-refractivity contribution in [3.8, 4) is 22.8 Å². The third-order valence-corrected chi connectivity index (χ3v) is 3.58. The van der Waals surface area contributed by atoms with Crippen molar-refractivity contribution in [3.63, 3.8) is 0 Å². The second kappa shape index (κ2) is 7.23. The third kappa shape index (κ3) is 3.56. The van der Waals surface area contributed by atoms with Crippen LogP contribution in [0.5, 0.6) is 0 Å². The van der Waals surface area contributed by atoms with E-state index < -0.39 is 5.97 Å². The molecule has 2 heterocycles. The van der Waals surface area contributed by atoms with Crippen LogP contribution in [0.2, 0.25) is 5.02 Å². The summed E-state index contributed by atoms with van der Waals surface area (Å²) in [6.07, 6.45) is 3.26. The van der Waals surface area contributed by atoms with Gasteiger partial charge in [0.25, 0.3) is 0 Å². The van der Waals surface area contributed by atoms with Gasteiger partial charge in [0.15, 0.2) is 5.82 Å². The minimum atomic E-state index is -0.502. The van der Waals surface area contributed by atoms with Gasteiger partial charge in [-0.15, -0.1) is 0 Å². The molecule has 0 radical (unpaired) electrons. The number of halogens is 1. The number of benzene rings is 1. The van der Waals surface area contributed by atoms with Gasteiger partial charge >= 0.3 is 5.97 Å². The van der Waals surface area contributed by atoms with E-state index in [0.717, 1.165) is 10.2 Å². The minimum absolute atomic E-state index is 0.234. The lowest BCUT2D eigenvalue weighted by Gasteiger charge is -2.02. The topological polar surface area (TPSA) is 87.0 Å². The fourth-order valence-electron chi connectivity index (χ4n) is 2.21. The molecule has 0 bridgehead atoms. The van der Waals surface area contributed by atoms with Gasteiger partial charge in [-0.05, 0) is 25.1 Å². The van der Waals surface area contributed by atoms with Crippen LogP contribution in [-0.2, 0) is 9.53 Å². The number of carbonyl (C=O) groups is 2. The van der Waals surface area contributed by atoms with Gasteiger partial charge in [0.1, 0.15) is 5.69 Å². The number of aromatic nitrogens is 4. The van der Waals surface area contributed by atoms with Gasteiger partial charge in [-0.25, -0.2) is 14.8 Å². The summed E-state index contributed by atoms with van der Waals surface area (Å²) in [5.74, 6) is -0.238. The highest BCUT2D eigenvalue weighted by molar-refractivity contribution is 6.30. The molecule has 0 aliphatic rings. The molecule has 0 aliphatic carbocycles. The van der Waals surface area contributed by atoms with Crippen molar-refractivity contribution in [1.29, 1.82) is 0 Å². The van der Waals surface area contributed by atoms with E-state index in [0.29, 0.717) is 22.8 Å². The van der Waals surface area contributed by atoms with Crippen LogP contribution >= 0.6 is 11.6 Å². The molecule has 126 valence electrons. The van der Waals surface area contributed by atoms with Gasteiger partial charge in [0.2, 0.25) is 6.41 Å². The monoisotopic (exact) mass is 356 g/mol. The Bertz CT molecular complexity index is 922. The summed E-state index contributed by atoms with van der Waals surface area (Å²) >= 11 is 5.99. The van der Waals surface area contributed by atoms with Crippen molar-refractivity contribution in [2.24, 2.45) is 0 Å². The lowest BCUT2D eigenvalue weighted by atomic mass is 10.1. The van der Waals surface area contributed by atoms with Gasteiger partial charge in [0, 0.05) is 23.0 Å². The molecule has 3 rings (SSSR count). The van der Waals surface area contributed by atoms with Crippen molar-refractivity contribution in [2.75, 3.05) is 6.61 Å². The molecular weight excluding hydrogens is 344 g/mol. The Balaban J connectivity index is 1.97. The van der Waals surface area contributed by atoms with Crippen LogP contribution in [0.1, 0.15) is 17.3 Å². The lowest BCUT2D eigenvalue weighted by molar-refractivity contribution is 0.0525. The third-order valence-electron chi connectivity index (χ3n) is 3.35. The first-order chi connectivity index (χ1) is 12.1. The van der Waals surface area contributed by atoms with E-state index in [1.807, 2.05) is 6.07 Å². The number of hydrogen-bond donors (Lipinski definition) is 0. The van der Waals surface area contributed by atoms with E-state index in [-0.39, 0.29) is 18.0 Å². The van der Waals surface area contributed by atoms with E-state index in [1.165, 1.54) is 12.4 Å². The molecule has 0 N–H and O–H groups in total. The number of nitrogens with zero attached hydrogens (tertiary/aromatic N) is 4. The smallest absolute Gasteiger partial charge is 0.341 e. The van der Waals surface area contributed by atoms with Gasteiger partial charge < -0.3 is 4.74 Å². The van der Waals surface area contributed by atoms with Gasteiger partial charge in [0.05, 0.1) is 17.9 Å². The second-order valence-corrected chi connectivity index (χ2v) is 5.43. The Hall–Kier alpha value is -3.06. The molecule has 3 aromatic rings. The molecule has 0 fully saturated rings. The first-order valence-electron chi connectivity index (χ1n) is 7.42. The normalized spacial score (nSPS) is 10.5. The first kappa shape index (κ1) is 16.8. The zero-order valence-electron chi connectivity index (χ0n) is 13.2. The van der Waals surface area contributed by atoms with Crippen LogP contribution in [0.15, 0.2) is 42.7 Å². The van der Waals surface area contributed by atoms with Crippen LogP contribution in [0, 0.1) is 0 Å². The van der Waals surface area contributed by atoms with Crippen molar-refractivity contribution in [1.82, 2.24) is 19.7 Å². The second-order valence-electron chi connectivity index (χ2n) is 4.99. The lowest BCUT2D eigenvalue weighted by Crippen LogP contribution is -2.07. The maximum Gasteiger partial charge on any atom is 0.341 e. The molecule has 0 saturated heterocycles. The molecule has 8 heteroatoms. The first-order valence-corrected chi connectivity index (χ1v) is 7.80. The number of carbonyl (C=O) groups excluding carboxylic acids is 2. The summed E-state index contributed by atoms with van der Waals surface area (Å²) in [5.41, 5.74) is 1.96. The molecule has 0 saturated carbocycles. The summed E-state index contributed by atoms with van der Waals surface area (Å²) < 4.78 is 6.02. The average molecular weight is 357 g/mol. The van der Waals surface area contributed by atoms with Gasteiger partial charge in [-0.3, -0.25) is 4.79 Å². The largest absolute Gasteiger partial charge is 0.462 e. The van der Waals surface area contributed by atoms with Crippen molar-refractivity contribution in [2.45, 2.75) is 6.92 Å². The summed E-state index contributed by atoms with van der Waals surface area (Å²) in [6, 6.07) is 8.80. The van der Waals surface area contributed by atoms with Crippen LogP contribution in [0.4, 0.5) is 0 Å². The van der Waals surface area contributed by atoms with Crippen LogP contribution < -0.4 is 0 Å². The van der Waals surface area contributed by atoms with Crippen molar-refractivity contribution >= 4 is 24.0 Å². The molecule has 2 aromatic heterocycles.